The van der Waals surface area contributed by atoms with Crippen molar-refractivity contribution < 1.29 is 14.3 Å². The van der Waals surface area contributed by atoms with Gasteiger partial charge in [-0.25, -0.2) is 0 Å². The largest absolute Gasteiger partial charge is 0.379 e. The van der Waals surface area contributed by atoms with Crippen molar-refractivity contribution in [2.45, 2.75) is 18.9 Å². The number of hydrogen-bond donors (Lipinski definition) is 1. The number of benzene rings is 2. The fourth-order valence-corrected chi connectivity index (χ4v) is 3.90. The molecule has 2 aromatic rings. The minimum absolute atomic E-state index is 0.0290. The maximum Gasteiger partial charge on any atom is 0.220 e. The number of ether oxygens (including phenoxy) is 1. The maximum absolute atomic E-state index is 12.4. The van der Waals surface area contributed by atoms with E-state index < -0.39 is 0 Å². The normalized spacial score (nSPS) is 15.7. The van der Waals surface area contributed by atoms with Crippen molar-refractivity contribution in [3.63, 3.8) is 0 Å². The second kappa shape index (κ2) is 10.9. The van der Waals surface area contributed by atoms with Crippen LogP contribution < -0.4 is 5.32 Å². The van der Waals surface area contributed by atoms with Gasteiger partial charge in [0.1, 0.15) is 0 Å². The summed E-state index contributed by atoms with van der Waals surface area (Å²) in [5.41, 5.74) is 1.60. The number of morpholine rings is 1. The summed E-state index contributed by atoms with van der Waals surface area (Å²) >= 11 is 9.77. The van der Waals surface area contributed by atoms with E-state index in [1.54, 1.807) is 12.1 Å². The molecule has 1 aliphatic heterocycles. The molecule has 3 rings (SSSR count). The Labute approximate surface area is 184 Å². The highest BCUT2D eigenvalue weighted by Gasteiger charge is 2.24. The topological polar surface area (TPSA) is 58.6 Å². The lowest BCUT2D eigenvalue weighted by Gasteiger charge is -2.35. The maximum atomic E-state index is 12.4. The smallest absolute Gasteiger partial charge is 0.220 e. The van der Waals surface area contributed by atoms with Gasteiger partial charge in [0.2, 0.25) is 5.91 Å². The Hall–Kier alpha value is -1.73. The van der Waals surface area contributed by atoms with Crippen LogP contribution in [-0.4, -0.2) is 49.4 Å². The van der Waals surface area contributed by atoms with E-state index in [2.05, 4.69) is 26.1 Å². The summed E-state index contributed by atoms with van der Waals surface area (Å²) in [6.45, 7) is 3.34. The zero-order valence-electron chi connectivity index (χ0n) is 16.1. The molecule has 7 heteroatoms. The van der Waals surface area contributed by atoms with E-state index in [-0.39, 0.29) is 30.6 Å². The van der Waals surface area contributed by atoms with Crippen molar-refractivity contribution in [3.05, 3.63) is 69.2 Å². The molecule has 1 unspecified atom stereocenters. The molecule has 5 nitrogen and oxygen atoms in total. The van der Waals surface area contributed by atoms with Crippen LogP contribution in [0.1, 0.15) is 34.8 Å². The molecule has 2 aromatic carbocycles. The predicted octanol–water partition coefficient (Wildman–Crippen LogP) is 4.26. The highest BCUT2D eigenvalue weighted by Crippen LogP contribution is 2.27. The quantitative estimate of drug-likeness (QED) is 0.575. The van der Waals surface area contributed by atoms with Crippen molar-refractivity contribution in [1.82, 2.24) is 10.2 Å². The van der Waals surface area contributed by atoms with Gasteiger partial charge in [-0.3, -0.25) is 14.5 Å². The number of ketones is 1. The zero-order chi connectivity index (χ0) is 20.6. The Morgan fingerprint density at radius 3 is 2.45 bits per heavy atom. The number of nitrogens with one attached hydrogen (secondary N) is 1. The molecule has 1 N–H and O–H groups in total. The van der Waals surface area contributed by atoms with Crippen LogP contribution in [0, 0.1) is 0 Å². The second-order valence-electron chi connectivity index (χ2n) is 6.92. The van der Waals surface area contributed by atoms with E-state index in [1.165, 1.54) is 0 Å². The zero-order valence-corrected chi connectivity index (χ0v) is 18.4. The molecule has 29 heavy (non-hydrogen) atoms. The first-order valence-corrected chi connectivity index (χ1v) is 10.8. The van der Waals surface area contributed by atoms with Crippen LogP contribution in [0.3, 0.4) is 0 Å². The molecule has 1 fully saturated rings. The number of halogens is 2. The van der Waals surface area contributed by atoms with Crippen molar-refractivity contribution in [2.24, 2.45) is 0 Å². The van der Waals surface area contributed by atoms with Gasteiger partial charge in [-0.15, -0.1) is 0 Å². The third-order valence-corrected chi connectivity index (χ3v) is 5.86. The molecule has 0 radical (unpaired) electrons. The van der Waals surface area contributed by atoms with Crippen LogP contribution in [0.15, 0.2) is 53.0 Å². The first kappa shape index (κ1) is 22.0. The van der Waals surface area contributed by atoms with Gasteiger partial charge in [0.05, 0.1) is 19.3 Å². The first-order valence-electron chi connectivity index (χ1n) is 9.66. The summed E-state index contributed by atoms with van der Waals surface area (Å²) in [5, 5.41) is 3.67. The molecule has 0 spiro atoms. The van der Waals surface area contributed by atoms with Gasteiger partial charge in [0.15, 0.2) is 5.78 Å². The van der Waals surface area contributed by atoms with Gasteiger partial charge >= 0.3 is 0 Å². The molecule has 154 valence electrons. The standard InChI is InChI=1S/C22H24BrClN2O3/c23-17-7-5-16(6-8-17)21(27)9-10-22(28)25-15-20(26-11-13-29-14-12-26)18-3-1-2-4-19(18)24/h1-8,20H,9-15H2,(H,25,28). The second-order valence-corrected chi connectivity index (χ2v) is 8.24. The van der Waals surface area contributed by atoms with E-state index in [4.69, 9.17) is 16.3 Å². The molecule has 0 aromatic heterocycles. The molecular formula is C22H24BrClN2O3. The van der Waals surface area contributed by atoms with Crippen molar-refractivity contribution in [1.29, 1.82) is 0 Å². The number of carbonyl (C=O) groups is 2. The Bertz CT molecular complexity index is 838. The van der Waals surface area contributed by atoms with Gasteiger partial charge < -0.3 is 10.1 Å². The fraction of sp³-hybridized carbons (Fsp3) is 0.364. The van der Waals surface area contributed by atoms with Gasteiger partial charge in [0, 0.05) is 47.5 Å². The number of nitrogens with zero attached hydrogens (tertiary/aromatic N) is 1. The molecular weight excluding hydrogens is 456 g/mol. The monoisotopic (exact) mass is 478 g/mol. The number of hydrogen-bond acceptors (Lipinski definition) is 4. The summed E-state index contributed by atoms with van der Waals surface area (Å²) in [7, 11) is 0. The van der Waals surface area contributed by atoms with Crippen LogP contribution in [0.25, 0.3) is 0 Å². The van der Waals surface area contributed by atoms with Crippen LogP contribution >= 0.6 is 27.5 Å². The molecule has 1 heterocycles. The molecule has 1 saturated heterocycles. The average molecular weight is 480 g/mol. The van der Waals surface area contributed by atoms with E-state index in [0.717, 1.165) is 23.1 Å². The summed E-state index contributed by atoms with van der Waals surface area (Å²) in [6, 6.07) is 14.8. The molecule has 1 amide bonds. The van der Waals surface area contributed by atoms with E-state index in [9.17, 15) is 9.59 Å². The van der Waals surface area contributed by atoms with Crippen LogP contribution in [0.2, 0.25) is 5.02 Å². The van der Waals surface area contributed by atoms with Crippen LogP contribution in [-0.2, 0) is 9.53 Å². The third kappa shape index (κ3) is 6.37. The Morgan fingerprint density at radius 2 is 1.76 bits per heavy atom. The molecule has 1 aliphatic rings. The van der Waals surface area contributed by atoms with Crippen molar-refractivity contribution in [3.8, 4) is 0 Å². The minimum atomic E-state index is -0.138. The van der Waals surface area contributed by atoms with Gasteiger partial charge in [-0.1, -0.05) is 57.9 Å². The predicted molar refractivity (Wildman–Crippen MR) is 117 cm³/mol. The average Bonchev–Trinajstić information content (AvgIpc) is 2.74. The first-order chi connectivity index (χ1) is 14.0. The summed E-state index contributed by atoms with van der Waals surface area (Å²) < 4.78 is 6.37. The lowest BCUT2D eigenvalue weighted by atomic mass is 10.0. The van der Waals surface area contributed by atoms with Gasteiger partial charge in [-0.2, -0.15) is 0 Å². The number of amides is 1. The highest BCUT2D eigenvalue weighted by molar-refractivity contribution is 9.10. The Morgan fingerprint density at radius 1 is 1.07 bits per heavy atom. The Balaban J connectivity index is 1.57. The van der Waals surface area contributed by atoms with Crippen molar-refractivity contribution in [2.75, 3.05) is 32.8 Å². The lowest BCUT2D eigenvalue weighted by Crippen LogP contribution is -2.44. The number of carbonyl (C=O) groups excluding carboxylic acids is 2. The highest BCUT2D eigenvalue weighted by atomic mass is 79.9. The third-order valence-electron chi connectivity index (χ3n) is 4.99. The minimum Gasteiger partial charge on any atom is -0.379 e. The van der Waals surface area contributed by atoms with Crippen LogP contribution in [0.4, 0.5) is 0 Å². The molecule has 0 bridgehead atoms. The molecule has 0 saturated carbocycles. The lowest BCUT2D eigenvalue weighted by molar-refractivity contribution is -0.121. The van der Waals surface area contributed by atoms with E-state index in [0.29, 0.717) is 30.3 Å². The summed E-state index contributed by atoms with van der Waals surface area (Å²) in [5.74, 6) is -0.177. The Kier molecular flexibility index (Phi) is 8.24. The fourth-order valence-electron chi connectivity index (χ4n) is 3.38. The summed E-state index contributed by atoms with van der Waals surface area (Å²) in [6.07, 6.45) is 0.342. The van der Waals surface area contributed by atoms with Gasteiger partial charge in [0.25, 0.3) is 0 Å². The van der Waals surface area contributed by atoms with Crippen LogP contribution in [0.5, 0.6) is 0 Å². The summed E-state index contributed by atoms with van der Waals surface area (Å²) in [4.78, 5) is 26.9. The number of Topliss-reactive ketones (excluding diaryl/α,β-unsaturated/α-hetero) is 1. The SMILES string of the molecule is O=C(CCC(=O)c1ccc(Br)cc1)NCC(c1ccccc1Cl)N1CCOCC1. The van der Waals surface area contributed by atoms with E-state index in [1.807, 2.05) is 36.4 Å². The number of rotatable bonds is 8. The van der Waals surface area contributed by atoms with Gasteiger partial charge in [-0.05, 0) is 23.8 Å². The molecule has 1 atom stereocenters. The van der Waals surface area contributed by atoms with E-state index >= 15 is 0 Å². The van der Waals surface area contributed by atoms with Crippen molar-refractivity contribution >= 4 is 39.2 Å². The molecule has 0 aliphatic carbocycles.